The van der Waals surface area contributed by atoms with Crippen molar-refractivity contribution in [3.63, 3.8) is 0 Å². The average molecular weight is 356 g/mol. The minimum atomic E-state index is -4.90. The van der Waals surface area contributed by atoms with Crippen molar-refractivity contribution < 1.29 is 31.6 Å². The number of nitrogens with one attached hydrogen (secondary N) is 2. The molecule has 0 saturated heterocycles. The Morgan fingerprint density at radius 2 is 1.70 bits per heavy atom. The van der Waals surface area contributed by atoms with Gasteiger partial charge in [0.1, 0.15) is 25.9 Å². The number of H-pyrrole nitrogens is 2. The Bertz CT molecular complexity index is 977. The normalized spacial score (nSPS) is 13.4. The zero-order valence-electron chi connectivity index (χ0n) is 11.4. The van der Waals surface area contributed by atoms with Gasteiger partial charge in [-0.3, -0.25) is 0 Å². The molecule has 0 bridgehead atoms. The van der Waals surface area contributed by atoms with Crippen LogP contribution in [0.15, 0.2) is 52.3 Å². The molecular weight excluding hydrogens is 344 g/mol. The van der Waals surface area contributed by atoms with Crippen molar-refractivity contribution in [1.82, 2.24) is 4.98 Å². The number of imidazole rings is 1. The fraction of sp³-hybridized carbons (Fsp3) is 0. The monoisotopic (exact) mass is 356 g/mol. The number of aromatic nitrogens is 2. The molecule has 0 radical (unpaired) electrons. The van der Waals surface area contributed by atoms with Gasteiger partial charge in [0.2, 0.25) is 0 Å². The van der Waals surface area contributed by atoms with Crippen LogP contribution in [0.1, 0.15) is 0 Å². The largest absolute Gasteiger partial charge is 0.744 e. The van der Waals surface area contributed by atoms with Crippen molar-refractivity contribution in [1.29, 1.82) is 0 Å². The standard InChI is InChI=1S/C13H12N2O6S2/c16-22(17,18)9-6-10-12(11(7-9)23(19,20)21)15-13(14-10)8-4-2-1-3-5-8/h1-7,16-18H,(H,14,15)(H,19,20,21). The molecule has 0 amide bonds. The van der Waals surface area contributed by atoms with E-state index < -0.39 is 30.8 Å². The van der Waals surface area contributed by atoms with Crippen LogP contribution in [0, 0.1) is 0 Å². The Morgan fingerprint density at radius 1 is 1.04 bits per heavy atom. The Morgan fingerprint density at radius 3 is 2.26 bits per heavy atom. The molecule has 0 unspecified atom stereocenters. The van der Waals surface area contributed by atoms with Gasteiger partial charge in [-0.2, -0.15) is 0 Å². The van der Waals surface area contributed by atoms with Gasteiger partial charge in [0, 0.05) is 6.07 Å². The molecule has 0 aliphatic rings. The lowest BCUT2D eigenvalue weighted by Crippen LogP contribution is -2.09. The number of hydrogen-bond donors (Lipinski definition) is 4. The lowest BCUT2D eigenvalue weighted by Gasteiger charge is -2.19. The first-order chi connectivity index (χ1) is 10.7. The third kappa shape index (κ3) is 3.08. The molecule has 23 heavy (non-hydrogen) atoms. The maximum Gasteiger partial charge on any atom is 0.285 e. The van der Waals surface area contributed by atoms with E-state index in [0.717, 1.165) is 6.07 Å². The molecule has 0 aliphatic heterocycles. The van der Waals surface area contributed by atoms with E-state index in [2.05, 4.69) is 9.97 Å². The predicted molar refractivity (Wildman–Crippen MR) is 82.0 cm³/mol. The van der Waals surface area contributed by atoms with Crippen LogP contribution in [0.2, 0.25) is 0 Å². The van der Waals surface area contributed by atoms with E-state index in [-0.39, 0.29) is 11.0 Å². The second-order valence-electron chi connectivity index (χ2n) is 4.81. The molecule has 0 saturated carbocycles. The van der Waals surface area contributed by atoms with E-state index in [1.165, 1.54) is 6.07 Å². The van der Waals surface area contributed by atoms with Gasteiger partial charge in [0.25, 0.3) is 5.82 Å². The van der Waals surface area contributed by atoms with E-state index in [9.17, 15) is 26.6 Å². The van der Waals surface area contributed by atoms with Crippen LogP contribution in [-0.2, 0) is 10.1 Å². The quantitative estimate of drug-likeness (QED) is 0.528. The predicted octanol–water partition coefficient (Wildman–Crippen LogP) is 2.14. The minimum absolute atomic E-state index is 0.00810. The Labute approximate surface area is 132 Å². The SMILES string of the molecule is O=S(=O)([O-])c1cc(S(O)(O)O)cc2[nH]c(-c3ccccc3)[nH+]c12. The molecule has 1 heterocycles. The summed E-state index contributed by atoms with van der Waals surface area (Å²) in [6, 6.07) is 10.8. The number of rotatable bonds is 3. The van der Waals surface area contributed by atoms with E-state index >= 15 is 0 Å². The van der Waals surface area contributed by atoms with Gasteiger partial charge in [-0.05, 0) is 18.2 Å². The zero-order valence-corrected chi connectivity index (χ0v) is 13.1. The summed E-state index contributed by atoms with van der Waals surface area (Å²) >= 11 is 0. The number of hydrogen-bond acceptors (Lipinski definition) is 6. The molecule has 1 aromatic heterocycles. The zero-order chi connectivity index (χ0) is 16.8. The maximum absolute atomic E-state index is 11.4. The number of benzene rings is 2. The Hall–Kier alpha value is -1.95. The van der Waals surface area contributed by atoms with E-state index in [1.807, 2.05) is 0 Å². The van der Waals surface area contributed by atoms with Crippen molar-refractivity contribution in [3.8, 4) is 11.4 Å². The highest BCUT2D eigenvalue weighted by atomic mass is 32.3. The van der Waals surface area contributed by atoms with Crippen LogP contribution >= 0.6 is 10.9 Å². The minimum Gasteiger partial charge on any atom is -0.744 e. The van der Waals surface area contributed by atoms with Gasteiger partial charge >= 0.3 is 0 Å². The summed E-state index contributed by atoms with van der Waals surface area (Å²) in [6.45, 7) is 0. The lowest BCUT2D eigenvalue weighted by molar-refractivity contribution is -0.332. The van der Waals surface area contributed by atoms with Crippen LogP contribution in [0.25, 0.3) is 22.4 Å². The fourth-order valence-electron chi connectivity index (χ4n) is 2.21. The van der Waals surface area contributed by atoms with Crippen LogP contribution in [0.3, 0.4) is 0 Å². The van der Waals surface area contributed by atoms with Gasteiger partial charge in [0.15, 0.2) is 11.0 Å². The molecule has 2 aromatic carbocycles. The van der Waals surface area contributed by atoms with Crippen LogP contribution in [0.4, 0.5) is 0 Å². The second-order valence-corrected chi connectivity index (χ2v) is 7.67. The molecule has 122 valence electrons. The summed E-state index contributed by atoms with van der Waals surface area (Å²) in [5.74, 6) is 0.428. The summed E-state index contributed by atoms with van der Waals surface area (Å²) in [6.07, 6.45) is 0. The van der Waals surface area contributed by atoms with Crippen LogP contribution in [-0.4, -0.2) is 31.6 Å². The summed E-state index contributed by atoms with van der Waals surface area (Å²) in [7, 11) is -9.07. The molecule has 0 fully saturated rings. The smallest absolute Gasteiger partial charge is 0.285 e. The van der Waals surface area contributed by atoms with Crippen molar-refractivity contribution in [2.75, 3.05) is 0 Å². The first-order valence-electron chi connectivity index (χ1n) is 6.27. The third-order valence-corrected chi connectivity index (χ3v) is 4.96. The van der Waals surface area contributed by atoms with Crippen molar-refractivity contribution in [2.24, 2.45) is 0 Å². The first kappa shape index (κ1) is 15.9. The summed E-state index contributed by atoms with van der Waals surface area (Å²) in [4.78, 5) is 4.51. The fourth-order valence-corrected chi connectivity index (χ4v) is 3.52. The van der Waals surface area contributed by atoms with Crippen molar-refractivity contribution in [3.05, 3.63) is 42.5 Å². The molecule has 0 atom stereocenters. The molecule has 10 heteroatoms. The Kier molecular flexibility index (Phi) is 3.67. The highest BCUT2D eigenvalue weighted by molar-refractivity contribution is 8.19. The molecule has 5 N–H and O–H groups in total. The van der Waals surface area contributed by atoms with Crippen molar-refractivity contribution in [2.45, 2.75) is 9.79 Å². The maximum atomic E-state index is 11.4. The highest BCUT2D eigenvalue weighted by Gasteiger charge is 2.25. The van der Waals surface area contributed by atoms with Crippen molar-refractivity contribution >= 4 is 32.0 Å². The highest BCUT2D eigenvalue weighted by Crippen LogP contribution is 2.45. The van der Waals surface area contributed by atoms with E-state index in [1.54, 1.807) is 30.3 Å². The number of aromatic amines is 2. The molecule has 0 aliphatic carbocycles. The molecule has 8 nitrogen and oxygen atoms in total. The second kappa shape index (κ2) is 5.30. The molecule has 3 aromatic rings. The first-order valence-corrected chi connectivity index (χ1v) is 9.18. The molecule has 0 spiro atoms. The topological polar surface area (TPSA) is 148 Å². The summed E-state index contributed by atoms with van der Waals surface area (Å²) in [5.41, 5.74) is 0.839. The number of fused-ring (bicyclic) bond motifs is 1. The van der Waals surface area contributed by atoms with Gasteiger partial charge in [-0.1, -0.05) is 18.2 Å². The van der Waals surface area contributed by atoms with Crippen LogP contribution < -0.4 is 4.98 Å². The van der Waals surface area contributed by atoms with Gasteiger partial charge in [-0.25, -0.2) is 18.4 Å². The molecule has 3 rings (SSSR count). The Balaban J connectivity index is 2.33. The summed E-state index contributed by atoms with van der Waals surface area (Å²) in [5, 5.41) is 0. The van der Waals surface area contributed by atoms with Crippen LogP contribution in [0.5, 0.6) is 0 Å². The van der Waals surface area contributed by atoms with E-state index in [0.29, 0.717) is 11.4 Å². The van der Waals surface area contributed by atoms with E-state index in [4.69, 9.17) is 0 Å². The lowest BCUT2D eigenvalue weighted by atomic mass is 10.2. The van der Waals surface area contributed by atoms with Gasteiger partial charge in [-0.15, -0.1) is 0 Å². The molecular formula is C13H12N2O6S2. The average Bonchev–Trinajstić information content (AvgIpc) is 2.89. The summed E-state index contributed by atoms with van der Waals surface area (Å²) < 4.78 is 62.3. The third-order valence-electron chi connectivity index (χ3n) is 3.23. The van der Waals surface area contributed by atoms with Gasteiger partial charge in [0.05, 0.1) is 10.5 Å². The van der Waals surface area contributed by atoms with Gasteiger partial charge < -0.3 is 18.2 Å².